The number of nitrogen functional groups attached to an aromatic ring is 1. The molecule has 3 rings (SSSR count). The van der Waals surface area contributed by atoms with Crippen molar-refractivity contribution in [3.05, 3.63) is 22.7 Å². The Hall–Kier alpha value is -1.56. The number of hydrogen-bond acceptors (Lipinski definition) is 9. The molecule has 22 heavy (non-hydrogen) atoms. The van der Waals surface area contributed by atoms with Crippen molar-refractivity contribution in [3.8, 4) is 0 Å². The van der Waals surface area contributed by atoms with Gasteiger partial charge < -0.3 is 35.6 Å². The Bertz CT molecular complexity index is 609. The molecule has 0 bridgehead atoms. The zero-order valence-corrected chi connectivity index (χ0v) is 11.4. The maximum atomic E-state index is 11.8. The Morgan fingerprint density at radius 1 is 1.18 bits per heavy atom. The highest BCUT2D eigenvalue weighted by Crippen LogP contribution is 2.37. The topological polar surface area (TPSA) is 160 Å². The monoisotopic (exact) mass is 315 g/mol. The predicted octanol–water partition coefficient (Wildman–Crippen LogP) is -3.43. The van der Waals surface area contributed by atoms with E-state index in [0.717, 1.165) is 4.57 Å². The molecule has 0 spiro atoms. The minimum absolute atomic E-state index is 0.0261. The van der Waals surface area contributed by atoms with Gasteiger partial charge in [-0.1, -0.05) is 0 Å². The molecule has 3 heterocycles. The van der Waals surface area contributed by atoms with Crippen LogP contribution in [-0.2, 0) is 9.47 Å². The maximum Gasteiger partial charge on any atom is 0.351 e. The standard InChI is InChI=1S/C12H17N3O7/c13-5-1-2-15(12(20)14-5)11-8(19)10-9(22-11)7(18)6(17)4(3-16)21-10/h1-2,4,6-11,16-19H,3H2,(H2,13,14,20)/t4-,6+,7+,8-,9-,10+,11-/m1/s1. The van der Waals surface area contributed by atoms with Gasteiger partial charge >= 0.3 is 5.69 Å². The highest BCUT2D eigenvalue weighted by Gasteiger charge is 2.55. The Balaban J connectivity index is 1.90. The molecule has 0 saturated carbocycles. The average molecular weight is 315 g/mol. The van der Waals surface area contributed by atoms with E-state index in [1.807, 2.05) is 0 Å². The number of nitrogens with two attached hydrogens (primary N) is 1. The first kappa shape index (κ1) is 15.3. The fourth-order valence-corrected chi connectivity index (χ4v) is 2.81. The van der Waals surface area contributed by atoms with Gasteiger partial charge in [-0.15, -0.1) is 0 Å². The Labute approximate surface area is 124 Å². The molecular formula is C12H17N3O7. The van der Waals surface area contributed by atoms with Crippen LogP contribution in [0.15, 0.2) is 17.1 Å². The number of rotatable bonds is 2. The van der Waals surface area contributed by atoms with Crippen LogP contribution in [-0.4, -0.2) is 73.2 Å². The maximum absolute atomic E-state index is 11.8. The molecule has 0 unspecified atom stereocenters. The summed E-state index contributed by atoms with van der Waals surface area (Å²) in [4.78, 5) is 15.4. The van der Waals surface area contributed by atoms with E-state index in [9.17, 15) is 20.1 Å². The third-order valence-corrected chi connectivity index (χ3v) is 3.95. The molecule has 122 valence electrons. The van der Waals surface area contributed by atoms with Gasteiger partial charge in [-0.2, -0.15) is 4.98 Å². The van der Waals surface area contributed by atoms with Crippen molar-refractivity contribution in [2.24, 2.45) is 0 Å². The number of nitrogens with zero attached hydrogens (tertiary/aromatic N) is 2. The summed E-state index contributed by atoms with van der Waals surface area (Å²) in [5.74, 6) is 0.0261. The summed E-state index contributed by atoms with van der Waals surface area (Å²) in [6.45, 7) is -0.526. The van der Waals surface area contributed by atoms with Crippen molar-refractivity contribution >= 4 is 5.82 Å². The number of aliphatic hydroxyl groups excluding tert-OH is 4. The lowest BCUT2D eigenvalue weighted by Crippen LogP contribution is -2.58. The van der Waals surface area contributed by atoms with Gasteiger partial charge in [0.25, 0.3) is 0 Å². The fourth-order valence-electron chi connectivity index (χ4n) is 2.81. The normalized spacial score (nSPS) is 41.4. The van der Waals surface area contributed by atoms with Crippen LogP contribution in [0, 0.1) is 0 Å². The molecule has 0 amide bonds. The molecule has 2 aliphatic heterocycles. The number of fused-ring (bicyclic) bond motifs is 1. The summed E-state index contributed by atoms with van der Waals surface area (Å²) < 4.78 is 11.9. The first-order chi connectivity index (χ1) is 10.4. The zero-order valence-electron chi connectivity index (χ0n) is 11.4. The van der Waals surface area contributed by atoms with Crippen LogP contribution in [0.1, 0.15) is 6.23 Å². The molecule has 2 fully saturated rings. The van der Waals surface area contributed by atoms with Crippen LogP contribution in [0.2, 0.25) is 0 Å². The van der Waals surface area contributed by atoms with E-state index in [0.29, 0.717) is 0 Å². The highest BCUT2D eigenvalue weighted by atomic mass is 16.6. The van der Waals surface area contributed by atoms with Gasteiger partial charge in [0.2, 0.25) is 0 Å². The fraction of sp³-hybridized carbons (Fsp3) is 0.667. The lowest BCUT2D eigenvalue weighted by Gasteiger charge is -2.38. The second-order valence-electron chi connectivity index (χ2n) is 5.33. The first-order valence-corrected chi connectivity index (χ1v) is 6.74. The second kappa shape index (κ2) is 5.57. The van der Waals surface area contributed by atoms with Crippen molar-refractivity contribution < 1.29 is 29.9 Å². The van der Waals surface area contributed by atoms with Crippen molar-refractivity contribution in [2.75, 3.05) is 12.3 Å². The molecule has 2 aliphatic rings. The van der Waals surface area contributed by atoms with E-state index in [1.165, 1.54) is 12.3 Å². The van der Waals surface area contributed by atoms with E-state index < -0.39 is 55.1 Å². The van der Waals surface area contributed by atoms with Crippen LogP contribution >= 0.6 is 0 Å². The molecule has 2 saturated heterocycles. The largest absolute Gasteiger partial charge is 0.394 e. The van der Waals surface area contributed by atoms with E-state index in [1.54, 1.807) is 0 Å². The van der Waals surface area contributed by atoms with Crippen molar-refractivity contribution in [1.29, 1.82) is 0 Å². The lowest BCUT2D eigenvalue weighted by molar-refractivity contribution is -0.225. The van der Waals surface area contributed by atoms with Gasteiger partial charge in [-0.3, -0.25) is 4.57 Å². The molecule has 1 aromatic heterocycles. The minimum atomic E-state index is -1.37. The van der Waals surface area contributed by atoms with Gasteiger partial charge in [0, 0.05) is 6.20 Å². The van der Waals surface area contributed by atoms with Crippen molar-refractivity contribution in [3.63, 3.8) is 0 Å². The third kappa shape index (κ3) is 2.29. The molecule has 7 atom stereocenters. The van der Waals surface area contributed by atoms with Crippen LogP contribution < -0.4 is 11.4 Å². The molecule has 10 nitrogen and oxygen atoms in total. The minimum Gasteiger partial charge on any atom is -0.394 e. The summed E-state index contributed by atoms with van der Waals surface area (Å²) in [5, 5.41) is 39.3. The number of ether oxygens (including phenoxy) is 2. The number of aromatic nitrogens is 2. The van der Waals surface area contributed by atoms with E-state index in [2.05, 4.69) is 4.98 Å². The molecule has 0 radical (unpaired) electrons. The van der Waals surface area contributed by atoms with Crippen LogP contribution in [0.4, 0.5) is 5.82 Å². The molecule has 0 aromatic carbocycles. The second-order valence-corrected chi connectivity index (χ2v) is 5.33. The van der Waals surface area contributed by atoms with E-state index in [-0.39, 0.29) is 5.82 Å². The zero-order chi connectivity index (χ0) is 16.0. The van der Waals surface area contributed by atoms with Crippen LogP contribution in [0.25, 0.3) is 0 Å². The van der Waals surface area contributed by atoms with Crippen LogP contribution in [0.5, 0.6) is 0 Å². The summed E-state index contributed by atoms with van der Waals surface area (Å²) in [6, 6.07) is 1.36. The molecule has 6 N–H and O–H groups in total. The van der Waals surface area contributed by atoms with Gasteiger partial charge in [0.1, 0.15) is 42.4 Å². The summed E-state index contributed by atoms with van der Waals surface area (Å²) in [5.41, 5.74) is 4.68. The summed E-state index contributed by atoms with van der Waals surface area (Å²) in [6.07, 6.45) is -6.94. The van der Waals surface area contributed by atoms with Crippen molar-refractivity contribution in [2.45, 2.75) is 42.9 Å². The van der Waals surface area contributed by atoms with E-state index in [4.69, 9.17) is 20.3 Å². The average Bonchev–Trinajstić information content (AvgIpc) is 2.80. The molecule has 10 heteroatoms. The summed E-state index contributed by atoms with van der Waals surface area (Å²) in [7, 11) is 0. The van der Waals surface area contributed by atoms with E-state index >= 15 is 0 Å². The highest BCUT2D eigenvalue weighted by molar-refractivity contribution is 5.23. The van der Waals surface area contributed by atoms with Gasteiger partial charge in [-0.05, 0) is 6.07 Å². The smallest absolute Gasteiger partial charge is 0.351 e. The number of aliphatic hydroxyl groups is 4. The molecular weight excluding hydrogens is 298 g/mol. The molecule has 0 aliphatic carbocycles. The number of hydrogen-bond donors (Lipinski definition) is 5. The number of anilines is 1. The lowest BCUT2D eigenvalue weighted by atomic mass is 9.94. The Morgan fingerprint density at radius 3 is 2.50 bits per heavy atom. The Morgan fingerprint density at radius 2 is 1.86 bits per heavy atom. The SMILES string of the molecule is Nc1ccn([C@@H]2O[C@@H]3[C@@H](O)[C@@H](O)[C@@H](CO)O[C@H]3[C@H]2O)c(=O)n1. The third-order valence-electron chi connectivity index (χ3n) is 3.95. The predicted molar refractivity (Wildman–Crippen MR) is 70.6 cm³/mol. The quantitative estimate of drug-likeness (QED) is 0.374. The van der Waals surface area contributed by atoms with Crippen molar-refractivity contribution in [1.82, 2.24) is 9.55 Å². The van der Waals surface area contributed by atoms with Gasteiger partial charge in [-0.25, -0.2) is 4.79 Å². The first-order valence-electron chi connectivity index (χ1n) is 6.74. The van der Waals surface area contributed by atoms with Gasteiger partial charge in [0.15, 0.2) is 6.23 Å². The van der Waals surface area contributed by atoms with Gasteiger partial charge in [0.05, 0.1) is 6.61 Å². The summed E-state index contributed by atoms with van der Waals surface area (Å²) >= 11 is 0. The Kier molecular flexibility index (Phi) is 3.89. The molecule has 1 aromatic rings. The van der Waals surface area contributed by atoms with Crippen LogP contribution in [0.3, 0.4) is 0 Å².